The summed E-state index contributed by atoms with van der Waals surface area (Å²) in [5.41, 5.74) is 0. The number of carbonyl (C=O) groups excluding carboxylic acids is 2. The Bertz CT molecular complexity index is 431. The van der Waals surface area contributed by atoms with Crippen LogP contribution >= 0.6 is 11.3 Å². The molecule has 2 heterocycles. The van der Waals surface area contributed by atoms with Crippen LogP contribution in [0.25, 0.3) is 0 Å². The van der Waals surface area contributed by atoms with E-state index in [1.807, 2.05) is 29.5 Å². The summed E-state index contributed by atoms with van der Waals surface area (Å²) < 4.78 is 0. The van der Waals surface area contributed by atoms with Crippen molar-refractivity contribution in [3.05, 3.63) is 22.4 Å². The lowest BCUT2D eigenvalue weighted by Crippen LogP contribution is -2.40. The molecular formula is C14H20N2O2S. The third kappa shape index (κ3) is 3.64. The Kier molecular flexibility index (Phi) is 5.10. The number of hydrogen-bond donors (Lipinski definition) is 1. The van der Waals surface area contributed by atoms with Crippen LogP contribution in [0.5, 0.6) is 0 Å². The largest absolute Gasteiger partial charge is 0.338 e. The van der Waals surface area contributed by atoms with Crippen molar-refractivity contribution in [3.63, 3.8) is 0 Å². The molecule has 104 valence electrons. The highest BCUT2D eigenvalue weighted by Gasteiger charge is 2.28. The lowest BCUT2D eigenvalue weighted by molar-refractivity contribution is -0.131. The molecule has 0 bridgehead atoms. The molecule has 1 fully saturated rings. The highest BCUT2D eigenvalue weighted by Crippen LogP contribution is 2.19. The predicted octanol–water partition coefficient (Wildman–Crippen LogP) is 1.92. The lowest BCUT2D eigenvalue weighted by Gasteiger charge is -2.24. The van der Waals surface area contributed by atoms with Crippen LogP contribution in [0.1, 0.15) is 35.4 Å². The Labute approximate surface area is 117 Å². The van der Waals surface area contributed by atoms with Crippen LogP contribution < -0.4 is 5.32 Å². The van der Waals surface area contributed by atoms with Crippen LogP contribution in [0.2, 0.25) is 0 Å². The van der Waals surface area contributed by atoms with Crippen molar-refractivity contribution < 1.29 is 9.59 Å². The van der Waals surface area contributed by atoms with E-state index < -0.39 is 0 Å². The van der Waals surface area contributed by atoms with E-state index in [2.05, 4.69) is 5.32 Å². The topological polar surface area (TPSA) is 49.4 Å². The molecule has 1 saturated heterocycles. The first-order valence-electron chi connectivity index (χ1n) is 6.73. The Hall–Kier alpha value is -1.20. The number of likely N-dealkylation sites (tertiary alicyclic amines) is 1. The van der Waals surface area contributed by atoms with Crippen molar-refractivity contribution in [2.45, 2.75) is 31.7 Å². The number of nitrogens with one attached hydrogen (secondary N) is 1. The van der Waals surface area contributed by atoms with Gasteiger partial charge < -0.3 is 10.2 Å². The summed E-state index contributed by atoms with van der Waals surface area (Å²) >= 11 is 1.44. The molecule has 0 spiro atoms. The maximum atomic E-state index is 12.2. The molecule has 1 unspecified atom stereocenters. The molecule has 1 aromatic heterocycles. The normalized spacial score (nSPS) is 18.8. The number of thiophene rings is 1. The first kappa shape index (κ1) is 14.2. The number of carbonyl (C=O) groups is 2. The van der Waals surface area contributed by atoms with Crippen LogP contribution in [-0.2, 0) is 4.79 Å². The fraction of sp³-hybridized carbons (Fsp3) is 0.571. The molecule has 4 nitrogen and oxygen atoms in total. The standard InChI is InChI=1S/C14H20N2O2S/c1-15-10-11-4-2-8-16(11)14(18)7-6-12(17)13-5-3-9-19-13/h3,5,9,11,15H,2,4,6-8,10H2,1H3. The molecule has 19 heavy (non-hydrogen) atoms. The molecule has 1 atom stereocenters. The zero-order valence-corrected chi connectivity index (χ0v) is 12.0. The third-order valence-corrected chi connectivity index (χ3v) is 4.41. The highest BCUT2D eigenvalue weighted by atomic mass is 32.1. The van der Waals surface area contributed by atoms with Crippen molar-refractivity contribution >= 4 is 23.0 Å². The second-order valence-corrected chi connectivity index (χ2v) is 5.79. The number of hydrogen-bond acceptors (Lipinski definition) is 4. The fourth-order valence-corrected chi connectivity index (χ4v) is 3.23. The minimum absolute atomic E-state index is 0.0766. The Balaban J connectivity index is 1.82. The fourth-order valence-electron chi connectivity index (χ4n) is 2.54. The number of rotatable bonds is 6. The summed E-state index contributed by atoms with van der Waals surface area (Å²) in [5.74, 6) is 0.190. The monoisotopic (exact) mass is 280 g/mol. The molecule has 1 aliphatic heterocycles. The quantitative estimate of drug-likeness (QED) is 0.810. The zero-order chi connectivity index (χ0) is 13.7. The molecule has 1 aromatic rings. The summed E-state index contributed by atoms with van der Waals surface area (Å²) in [6.07, 6.45) is 2.78. The smallest absolute Gasteiger partial charge is 0.223 e. The highest BCUT2D eigenvalue weighted by molar-refractivity contribution is 7.12. The van der Waals surface area contributed by atoms with Crippen molar-refractivity contribution in [1.82, 2.24) is 10.2 Å². The number of nitrogens with zero attached hydrogens (tertiary/aromatic N) is 1. The van der Waals surface area contributed by atoms with Gasteiger partial charge in [0.2, 0.25) is 5.91 Å². The van der Waals surface area contributed by atoms with Gasteiger partial charge >= 0.3 is 0 Å². The van der Waals surface area contributed by atoms with Gasteiger partial charge in [-0.1, -0.05) is 6.07 Å². The molecule has 1 amide bonds. The van der Waals surface area contributed by atoms with Gasteiger partial charge in [0, 0.05) is 32.0 Å². The second-order valence-electron chi connectivity index (χ2n) is 4.84. The maximum Gasteiger partial charge on any atom is 0.223 e. The van der Waals surface area contributed by atoms with Crippen LogP contribution in [0.15, 0.2) is 17.5 Å². The maximum absolute atomic E-state index is 12.2. The summed E-state index contributed by atoms with van der Waals surface area (Å²) in [5, 5.41) is 5.01. The average molecular weight is 280 g/mol. The minimum atomic E-state index is 0.0766. The van der Waals surface area contributed by atoms with Gasteiger partial charge in [0.15, 0.2) is 5.78 Å². The Morgan fingerprint density at radius 2 is 2.32 bits per heavy atom. The van der Waals surface area contributed by atoms with E-state index in [1.54, 1.807) is 0 Å². The van der Waals surface area contributed by atoms with Crippen molar-refractivity contribution in [2.24, 2.45) is 0 Å². The molecule has 0 aliphatic carbocycles. The van der Waals surface area contributed by atoms with Gasteiger partial charge in [-0.15, -0.1) is 11.3 Å². The molecule has 0 saturated carbocycles. The van der Waals surface area contributed by atoms with Crippen LogP contribution in [0.3, 0.4) is 0 Å². The lowest BCUT2D eigenvalue weighted by atomic mass is 10.1. The molecular weight excluding hydrogens is 260 g/mol. The van der Waals surface area contributed by atoms with Crippen LogP contribution in [0, 0.1) is 0 Å². The molecule has 1 aliphatic rings. The second kappa shape index (κ2) is 6.82. The first-order valence-corrected chi connectivity index (χ1v) is 7.61. The van der Waals surface area contributed by atoms with Gasteiger partial charge in [-0.3, -0.25) is 9.59 Å². The molecule has 0 radical (unpaired) electrons. The third-order valence-electron chi connectivity index (χ3n) is 3.50. The van der Waals surface area contributed by atoms with E-state index in [4.69, 9.17) is 0 Å². The van der Waals surface area contributed by atoms with Crippen molar-refractivity contribution in [3.8, 4) is 0 Å². The van der Waals surface area contributed by atoms with Gasteiger partial charge in [-0.2, -0.15) is 0 Å². The van der Waals surface area contributed by atoms with E-state index in [-0.39, 0.29) is 11.7 Å². The summed E-state index contributed by atoms with van der Waals surface area (Å²) in [4.78, 5) is 26.7. The number of amides is 1. The Morgan fingerprint density at radius 1 is 1.47 bits per heavy atom. The Morgan fingerprint density at radius 3 is 3.00 bits per heavy atom. The van der Waals surface area contributed by atoms with E-state index >= 15 is 0 Å². The number of ketones is 1. The van der Waals surface area contributed by atoms with E-state index in [0.717, 1.165) is 30.8 Å². The van der Waals surface area contributed by atoms with Gasteiger partial charge in [-0.05, 0) is 31.3 Å². The van der Waals surface area contributed by atoms with Gasteiger partial charge in [0.1, 0.15) is 0 Å². The molecule has 5 heteroatoms. The predicted molar refractivity (Wildman–Crippen MR) is 76.5 cm³/mol. The first-order chi connectivity index (χ1) is 9.22. The van der Waals surface area contributed by atoms with Crippen LogP contribution in [-0.4, -0.2) is 42.8 Å². The van der Waals surface area contributed by atoms with Gasteiger partial charge in [-0.25, -0.2) is 0 Å². The summed E-state index contributed by atoms with van der Waals surface area (Å²) in [6.45, 7) is 1.67. The van der Waals surface area contributed by atoms with Gasteiger partial charge in [0.25, 0.3) is 0 Å². The SMILES string of the molecule is CNCC1CCCN1C(=O)CCC(=O)c1cccs1. The average Bonchev–Trinajstić information content (AvgIpc) is 3.06. The zero-order valence-electron chi connectivity index (χ0n) is 11.2. The molecule has 1 N–H and O–H groups in total. The van der Waals surface area contributed by atoms with E-state index in [9.17, 15) is 9.59 Å². The molecule has 0 aromatic carbocycles. The summed E-state index contributed by atoms with van der Waals surface area (Å²) in [6, 6.07) is 3.98. The molecule has 2 rings (SSSR count). The van der Waals surface area contributed by atoms with Crippen LogP contribution in [0.4, 0.5) is 0 Å². The van der Waals surface area contributed by atoms with Crippen molar-refractivity contribution in [1.29, 1.82) is 0 Å². The number of likely N-dealkylation sites (N-methyl/N-ethyl adjacent to an activating group) is 1. The van der Waals surface area contributed by atoms with E-state index in [0.29, 0.717) is 18.9 Å². The number of Topliss-reactive ketones (excluding diaryl/α,β-unsaturated/α-hetero) is 1. The van der Waals surface area contributed by atoms with E-state index in [1.165, 1.54) is 11.3 Å². The van der Waals surface area contributed by atoms with Gasteiger partial charge in [0.05, 0.1) is 4.88 Å². The minimum Gasteiger partial charge on any atom is -0.338 e. The summed E-state index contributed by atoms with van der Waals surface area (Å²) in [7, 11) is 1.90. The van der Waals surface area contributed by atoms with Crippen molar-refractivity contribution in [2.75, 3.05) is 20.1 Å².